The summed E-state index contributed by atoms with van der Waals surface area (Å²) >= 11 is 0. The van der Waals surface area contributed by atoms with Gasteiger partial charge >= 0.3 is 0 Å². The number of aryl methyl sites for hydroxylation is 1. The number of rotatable bonds is 3. The lowest BCUT2D eigenvalue weighted by Crippen LogP contribution is -2.41. The first-order chi connectivity index (χ1) is 11.1. The van der Waals surface area contributed by atoms with Crippen molar-refractivity contribution in [3.8, 4) is 0 Å². The molecular formula is C17H24IN5O. The SMILES string of the molecule is CN=C(NCc1nc(C)no1)N1CCC(C)(c2ccccc2)C1.I. The third kappa shape index (κ3) is 4.06. The third-order valence-electron chi connectivity index (χ3n) is 4.42. The van der Waals surface area contributed by atoms with E-state index in [0.29, 0.717) is 18.3 Å². The molecule has 0 amide bonds. The molecule has 7 heteroatoms. The van der Waals surface area contributed by atoms with Gasteiger partial charge in [0.2, 0.25) is 5.89 Å². The lowest BCUT2D eigenvalue weighted by atomic mass is 9.82. The summed E-state index contributed by atoms with van der Waals surface area (Å²) in [6.07, 6.45) is 1.11. The first-order valence-corrected chi connectivity index (χ1v) is 7.91. The molecule has 1 fully saturated rings. The Morgan fingerprint density at radius 1 is 1.38 bits per heavy atom. The minimum absolute atomic E-state index is 0. The van der Waals surface area contributed by atoms with E-state index < -0.39 is 0 Å². The lowest BCUT2D eigenvalue weighted by molar-refractivity contribution is 0.367. The Kier molecular flexibility index (Phi) is 6.20. The van der Waals surface area contributed by atoms with Gasteiger partial charge in [-0.1, -0.05) is 42.4 Å². The molecule has 6 nitrogen and oxygen atoms in total. The van der Waals surface area contributed by atoms with Gasteiger partial charge in [0.1, 0.15) is 0 Å². The molecule has 0 bridgehead atoms. The van der Waals surface area contributed by atoms with Crippen LogP contribution in [-0.4, -0.2) is 41.1 Å². The molecule has 1 aromatic carbocycles. The molecule has 24 heavy (non-hydrogen) atoms. The lowest BCUT2D eigenvalue weighted by Gasteiger charge is -2.26. The number of nitrogens with one attached hydrogen (secondary N) is 1. The largest absolute Gasteiger partial charge is 0.347 e. The van der Waals surface area contributed by atoms with Crippen LogP contribution in [0.25, 0.3) is 0 Å². The Labute approximate surface area is 159 Å². The number of guanidine groups is 1. The van der Waals surface area contributed by atoms with Crippen molar-refractivity contribution in [3.05, 3.63) is 47.6 Å². The molecule has 3 rings (SSSR count). The molecule has 1 N–H and O–H groups in total. The first-order valence-electron chi connectivity index (χ1n) is 7.91. The summed E-state index contributed by atoms with van der Waals surface area (Å²) in [4.78, 5) is 10.9. The van der Waals surface area contributed by atoms with Gasteiger partial charge < -0.3 is 14.7 Å². The summed E-state index contributed by atoms with van der Waals surface area (Å²) in [5.74, 6) is 2.10. The number of aliphatic imine (C=N–C) groups is 1. The van der Waals surface area contributed by atoms with E-state index in [-0.39, 0.29) is 29.4 Å². The van der Waals surface area contributed by atoms with Crippen LogP contribution in [0.2, 0.25) is 0 Å². The quantitative estimate of drug-likeness (QED) is 0.451. The topological polar surface area (TPSA) is 66.5 Å². The van der Waals surface area contributed by atoms with Gasteiger partial charge in [0, 0.05) is 25.6 Å². The van der Waals surface area contributed by atoms with Gasteiger partial charge in [0.15, 0.2) is 11.8 Å². The second kappa shape index (κ2) is 7.96. The number of benzene rings is 1. The fraction of sp³-hybridized carbons (Fsp3) is 0.471. The molecule has 0 saturated carbocycles. The molecular weight excluding hydrogens is 417 g/mol. The van der Waals surface area contributed by atoms with Crippen LogP contribution < -0.4 is 5.32 Å². The maximum absolute atomic E-state index is 5.13. The molecule has 1 aromatic heterocycles. The highest BCUT2D eigenvalue weighted by Crippen LogP contribution is 2.33. The highest BCUT2D eigenvalue weighted by molar-refractivity contribution is 14.0. The molecule has 1 atom stereocenters. The van der Waals surface area contributed by atoms with Crippen molar-refractivity contribution in [1.82, 2.24) is 20.4 Å². The minimum Gasteiger partial charge on any atom is -0.347 e. The number of aromatic nitrogens is 2. The molecule has 1 saturated heterocycles. The Hall–Kier alpha value is -1.64. The number of halogens is 1. The first kappa shape index (κ1) is 18.7. The predicted octanol–water partition coefficient (Wildman–Crippen LogP) is 2.74. The van der Waals surface area contributed by atoms with E-state index in [1.54, 1.807) is 7.05 Å². The van der Waals surface area contributed by atoms with Crippen molar-refractivity contribution in [1.29, 1.82) is 0 Å². The van der Waals surface area contributed by atoms with Gasteiger partial charge in [-0.2, -0.15) is 4.98 Å². The van der Waals surface area contributed by atoms with Gasteiger partial charge in [-0.05, 0) is 18.9 Å². The van der Waals surface area contributed by atoms with Crippen molar-refractivity contribution in [2.45, 2.75) is 32.2 Å². The fourth-order valence-corrected chi connectivity index (χ4v) is 3.12. The maximum Gasteiger partial charge on any atom is 0.246 e. The number of hydrogen-bond donors (Lipinski definition) is 1. The van der Waals surface area contributed by atoms with E-state index >= 15 is 0 Å². The number of likely N-dealkylation sites (tertiary alicyclic amines) is 1. The van der Waals surface area contributed by atoms with Gasteiger partial charge in [0.05, 0.1) is 6.54 Å². The van der Waals surface area contributed by atoms with Crippen molar-refractivity contribution in [2.75, 3.05) is 20.1 Å². The van der Waals surface area contributed by atoms with Crippen molar-refractivity contribution in [2.24, 2.45) is 4.99 Å². The molecule has 2 heterocycles. The Balaban J connectivity index is 0.00000208. The molecule has 0 spiro atoms. The van der Waals surface area contributed by atoms with Gasteiger partial charge in [-0.15, -0.1) is 24.0 Å². The zero-order valence-electron chi connectivity index (χ0n) is 14.3. The van der Waals surface area contributed by atoms with Crippen LogP contribution in [0.3, 0.4) is 0 Å². The summed E-state index contributed by atoms with van der Waals surface area (Å²) in [5, 5.41) is 7.11. The highest BCUT2D eigenvalue weighted by Gasteiger charge is 2.36. The molecule has 2 aromatic rings. The monoisotopic (exact) mass is 441 g/mol. The van der Waals surface area contributed by atoms with Crippen molar-refractivity contribution < 1.29 is 4.52 Å². The summed E-state index contributed by atoms with van der Waals surface area (Å²) in [7, 11) is 1.81. The summed E-state index contributed by atoms with van der Waals surface area (Å²) in [6.45, 7) is 6.55. The van der Waals surface area contributed by atoms with Gasteiger partial charge in [-0.3, -0.25) is 4.99 Å². The Bertz CT molecular complexity index is 687. The van der Waals surface area contributed by atoms with Crippen molar-refractivity contribution >= 4 is 29.9 Å². The molecule has 0 radical (unpaired) electrons. The van der Waals surface area contributed by atoms with Crippen LogP contribution in [0.1, 0.15) is 30.6 Å². The molecule has 1 unspecified atom stereocenters. The van der Waals surface area contributed by atoms with Crippen LogP contribution in [0, 0.1) is 6.92 Å². The Morgan fingerprint density at radius 3 is 2.75 bits per heavy atom. The fourth-order valence-electron chi connectivity index (χ4n) is 3.12. The van der Waals surface area contributed by atoms with Crippen LogP contribution in [0.5, 0.6) is 0 Å². The number of nitrogens with zero attached hydrogens (tertiary/aromatic N) is 4. The van der Waals surface area contributed by atoms with E-state index in [2.05, 4.69) is 62.6 Å². The van der Waals surface area contributed by atoms with Crippen LogP contribution in [0.15, 0.2) is 39.8 Å². The van der Waals surface area contributed by atoms with Crippen LogP contribution in [-0.2, 0) is 12.0 Å². The molecule has 1 aliphatic rings. The Morgan fingerprint density at radius 2 is 2.12 bits per heavy atom. The smallest absolute Gasteiger partial charge is 0.246 e. The van der Waals surface area contributed by atoms with Gasteiger partial charge in [-0.25, -0.2) is 0 Å². The van der Waals surface area contributed by atoms with E-state index in [0.717, 1.165) is 25.5 Å². The second-order valence-corrected chi connectivity index (χ2v) is 6.23. The average Bonchev–Trinajstić information content (AvgIpc) is 3.16. The minimum atomic E-state index is 0. The summed E-state index contributed by atoms with van der Waals surface area (Å²) in [6, 6.07) is 10.7. The molecule has 130 valence electrons. The van der Waals surface area contributed by atoms with E-state index in [9.17, 15) is 0 Å². The standard InChI is InChI=1S/C17H23N5O.HI/c1-13-20-15(23-21-13)11-19-16(18-3)22-10-9-17(2,12-22)14-7-5-4-6-8-14;/h4-8H,9-12H2,1-3H3,(H,18,19);1H. The highest BCUT2D eigenvalue weighted by atomic mass is 127. The van der Waals surface area contributed by atoms with Gasteiger partial charge in [0.25, 0.3) is 0 Å². The van der Waals surface area contributed by atoms with Crippen molar-refractivity contribution in [3.63, 3.8) is 0 Å². The maximum atomic E-state index is 5.13. The zero-order chi connectivity index (χ0) is 16.3. The summed E-state index contributed by atoms with van der Waals surface area (Å²) in [5.41, 5.74) is 1.53. The normalized spacial score (nSPS) is 20.8. The van der Waals surface area contributed by atoms with Crippen LogP contribution >= 0.6 is 24.0 Å². The summed E-state index contributed by atoms with van der Waals surface area (Å²) < 4.78 is 5.13. The zero-order valence-corrected chi connectivity index (χ0v) is 16.7. The molecule has 0 aliphatic carbocycles. The second-order valence-electron chi connectivity index (χ2n) is 6.23. The van der Waals surface area contributed by atoms with E-state index in [1.165, 1.54) is 5.56 Å². The molecule has 1 aliphatic heterocycles. The van der Waals surface area contributed by atoms with E-state index in [1.807, 2.05) is 6.92 Å². The van der Waals surface area contributed by atoms with E-state index in [4.69, 9.17) is 4.52 Å². The van der Waals surface area contributed by atoms with Crippen LogP contribution in [0.4, 0.5) is 0 Å². The third-order valence-corrected chi connectivity index (χ3v) is 4.42. The average molecular weight is 441 g/mol. The number of hydrogen-bond acceptors (Lipinski definition) is 4. The predicted molar refractivity (Wildman–Crippen MR) is 105 cm³/mol.